The number of nitrogens with one attached hydrogen (secondary N) is 1. The Morgan fingerprint density at radius 2 is 2.11 bits per heavy atom. The molecule has 3 nitrogen and oxygen atoms in total. The quantitative estimate of drug-likeness (QED) is 0.776. The van der Waals surface area contributed by atoms with Crippen LogP contribution in [0.25, 0.3) is 0 Å². The molecule has 0 saturated carbocycles. The maximum atomic E-state index is 5.66. The number of benzene rings is 1. The Balaban J connectivity index is 1.69. The fraction of sp³-hybridized carbons (Fsp3) is 0.231. The van der Waals surface area contributed by atoms with Crippen LogP contribution >= 0.6 is 31.9 Å². The van der Waals surface area contributed by atoms with Crippen LogP contribution in [0.4, 0.5) is 0 Å². The first kappa shape index (κ1) is 13.6. The molecule has 0 aliphatic rings. The van der Waals surface area contributed by atoms with Crippen LogP contribution in [0.1, 0.15) is 5.56 Å². The lowest BCUT2D eigenvalue weighted by molar-refractivity contribution is 0.311. The highest BCUT2D eigenvalue weighted by molar-refractivity contribution is 9.11. The lowest BCUT2D eigenvalue weighted by Gasteiger charge is -2.09. The van der Waals surface area contributed by atoms with E-state index in [0.717, 1.165) is 33.3 Å². The van der Waals surface area contributed by atoms with Gasteiger partial charge < -0.3 is 14.5 Å². The normalized spacial score (nSPS) is 10.6. The van der Waals surface area contributed by atoms with Gasteiger partial charge in [-0.1, -0.05) is 15.9 Å². The predicted octanol–water partition coefficient (Wildman–Crippen LogP) is 3.97. The van der Waals surface area contributed by atoms with E-state index in [1.54, 1.807) is 12.5 Å². The smallest absolute Gasteiger partial charge is 0.133 e. The molecule has 18 heavy (non-hydrogen) atoms. The van der Waals surface area contributed by atoms with E-state index in [1.165, 1.54) is 0 Å². The van der Waals surface area contributed by atoms with Crippen molar-refractivity contribution in [3.63, 3.8) is 0 Å². The zero-order chi connectivity index (χ0) is 12.8. The minimum absolute atomic E-state index is 0.623. The van der Waals surface area contributed by atoms with E-state index in [4.69, 9.17) is 9.15 Å². The van der Waals surface area contributed by atoms with Crippen molar-refractivity contribution in [1.29, 1.82) is 0 Å². The van der Waals surface area contributed by atoms with E-state index >= 15 is 0 Å². The van der Waals surface area contributed by atoms with Crippen molar-refractivity contribution in [2.75, 3.05) is 13.2 Å². The van der Waals surface area contributed by atoms with Crippen LogP contribution in [0.2, 0.25) is 0 Å². The Hall–Kier alpha value is -0.780. The Bertz CT molecular complexity index is 486. The summed E-state index contributed by atoms with van der Waals surface area (Å²) in [7, 11) is 0. The van der Waals surface area contributed by atoms with Crippen molar-refractivity contribution in [3.8, 4) is 5.75 Å². The summed E-state index contributed by atoms with van der Waals surface area (Å²) >= 11 is 6.86. The van der Waals surface area contributed by atoms with Gasteiger partial charge in [-0.2, -0.15) is 0 Å². The number of halogens is 2. The minimum atomic E-state index is 0.623. The van der Waals surface area contributed by atoms with Crippen molar-refractivity contribution in [2.24, 2.45) is 0 Å². The second kappa shape index (κ2) is 6.97. The summed E-state index contributed by atoms with van der Waals surface area (Å²) < 4.78 is 12.6. The lowest BCUT2D eigenvalue weighted by atomic mass is 10.3. The summed E-state index contributed by atoms with van der Waals surface area (Å²) in [5.74, 6) is 0.850. The molecular formula is C13H13Br2NO2. The average Bonchev–Trinajstić information content (AvgIpc) is 2.84. The molecule has 0 spiro atoms. The zero-order valence-corrected chi connectivity index (χ0v) is 12.8. The molecule has 0 aliphatic carbocycles. The molecule has 0 radical (unpaired) electrons. The summed E-state index contributed by atoms with van der Waals surface area (Å²) in [4.78, 5) is 0. The molecule has 0 amide bonds. The van der Waals surface area contributed by atoms with E-state index in [0.29, 0.717) is 6.61 Å². The van der Waals surface area contributed by atoms with Gasteiger partial charge in [0, 0.05) is 23.1 Å². The molecule has 0 saturated heterocycles. The first-order chi connectivity index (χ1) is 8.75. The van der Waals surface area contributed by atoms with Gasteiger partial charge in [-0.3, -0.25) is 0 Å². The number of ether oxygens (including phenoxy) is 1. The van der Waals surface area contributed by atoms with Crippen LogP contribution in [0.5, 0.6) is 5.75 Å². The standard InChI is InChI=1S/C13H13Br2NO2/c14-11-1-2-13(12(15)7-11)18-6-4-16-8-10-3-5-17-9-10/h1-3,5,7,9,16H,4,6,8H2. The fourth-order valence-corrected chi connectivity index (χ4v) is 2.61. The Labute approximate surface area is 123 Å². The third kappa shape index (κ3) is 4.15. The maximum Gasteiger partial charge on any atom is 0.133 e. The summed E-state index contributed by atoms with van der Waals surface area (Å²) in [5, 5.41) is 3.28. The second-order valence-electron chi connectivity index (χ2n) is 3.73. The highest BCUT2D eigenvalue weighted by Gasteiger charge is 2.01. The van der Waals surface area contributed by atoms with Crippen LogP contribution in [0, 0.1) is 0 Å². The first-order valence-corrected chi connectivity index (χ1v) is 7.14. The van der Waals surface area contributed by atoms with Crippen LogP contribution in [-0.4, -0.2) is 13.2 Å². The van der Waals surface area contributed by atoms with Gasteiger partial charge in [-0.25, -0.2) is 0 Å². The third-order valence-corrected chi connectivity index (χ3v) is 3.45. The van der Waals surface area contributed by atoms with E-state index < -0.39 is 0 Å². The number of furan rings is 1. The summed E-state index contributed by atoms with van der Waals surface area (Å²) in [6.07, 6.45) is 3.41. The molecule has 2 rings (SSSR count). The molecule has 1 aromatic heterocycles. The molecule has 1 N–H and O–H groups in total. The van der Waals surface area contributed by atoms with Crippen molar-refractivity contribution in [2.45, 2.75) is 6.54 Å². The van der Waals surface area contributed by atoms with Crippen LogP contribution in [-0.2, 0) is 6.54 Å². The monoisotopic (exact) mass is 373 g/mol. The lowest BCUT2D eigenvalue weighted by Crippen LogP contribution is -2.20. The summed E-state index contributed by atoms with van der Waals surface area (Å²) in [6, 6.07) is 7.80. The van der Waals surface area contributed by atoms with E-state index in [9.17, 15) is 0 Å². The van der Waals surface area contributed by atoms with E-state index in [2.05, 4.69) is 37.2 Å². The molecule has 96 valence electrons. The van der Waals surface area contributed by atoms with Gasteiger partial charge in [-0.05, 0) is 40.2 Å². The number of hydrogen-bond donors (Lipinski definition) is 1. The molecule has 5 heteroatoms. The van der Waals surface area contributed by atoms with Crippen molar-refractivity contribution < 1.29 is 9.15 Å². The summed E-state index contributed by atoms with van der Waals surface area (Å²) in [6.45, 7) is 2.20. The van der Waals surface area contributed by atoms with Gasteiger partial charge in [0.1, 0.15) is 12.4 Å². The number of rotatable bonds is 6. The van der Waals surface area contributed by atoms with Gasteiger partial charge in [0.2, 0.25) is 0 Å². The highest BCUT2D eigenvalue weighted by Crippen LogP contribution is 2.27. The van der Waals surface area contributed by atoms with Crippen LogP contribution in [0.3, 0.4) is 0 Å². The van der Waals surface area contributed by atoms with E-state index in [-0.39, 0.29) is 0 Å². The highest BCUT2D eigenvalue weighted by atomic mass is 79.9. The van der Waals surface area contributed by atoms with Gasteiger partial charge in [0.15, 0.2) is 0 Å². The second-order valence-corrected chi connectivity index (χ2v) is 5.50. The molecule has 0 unspecified atom stereocenters. The molecule has 2 aromatic rings. The molecule has 0 aliphatic heterocycles. The largest absolute Gasteiger partial charge is 0.491 e. The van der Waals surface area contributed by atoms with Crippen molar-refractivity contribution in [3.05, 3.63) is 51.3 Å². The third-order valence-electron chi connectivity index (χ3n) is 2.34. The Morgan fingerprint density at radius 3 is 2.83 bits per heavy atom. The molecule has 0 bridgehead atoms. The number of hydrogen-bond acceptors (Lipinski definition) is 3. The zero-order valence-electron chi connectivity index (χ0n) is 9.66. The van der Waals surface area contributed by atoms with Crippen LogP contribution in [0.15, 0.2) is 50.2 Å². The van der Waals surface area contributed by atoms with Crippen LogP contribution < -0.4 is 10.1 Å². The summed E-state index contributed by atoms with van der Waals surface area (Å²) in [5.41, 5.74) is 1.14. The molecule has 1 heterocycles. The van der Waals surface area contributed by atoms with Crippen molar-refractivity contribution >= 4 is 31.9 Å². The Morgan fingerprint density at radius 1 is 1.22 bits per heavy atom. The molecule has 1 aromatic carbocycles. The predicted molar refractivity (Wildman–Crippen MR) is 77.8 cm³/mol. The SMILES string of the molecule is Brc1ccc(OCCNCc2ccoc2)c(Br)c1. The van der Waals surface area contributed by atoms with Crippen molar-refractivity contribution in [1.82, 2.24) is 5.32 Å². The van der Waals surface area contributed by atoms with Gasteiger partial charge >= 0.3 is 0 Å². The van der Waals surface area contributed by atoms with Gasteiger partial charge in [0.25, 0.3) is 0 Å². The minimum Gasteiger partial charge on any atom is -0.491 e. The van der Waals surface area contributed by atoms with Gasteiger partial charge in [0.05, 0.1) is 17.0 Å². The first-order valence-electron chi connectivity index (χ1n) is 5.55. The molecule has 0 fully saturated rings. The Kier molecular flexibility index (Phi) is 5.28. The molecule has 0 atom stereocenters. The van der Waals surface area contributed by atoms with E-state index in [1.807, 2.05) is 24.3 Å². The average molecular weight is 375 g/mol. The fourth-order valence-electron chi connectivity index (χ4n) is 1.45. The topological polar surface area (TPSA) is 34.4 Å². The maximum absolute atomic E-state index is 5.66. The molecular weight excluding hydrogens is 362 g/mol. The van der Waals surface area contributed by atoms with Gasteiger partial charge in [-0.15, -0.1) is 0 Å².